The first kappa shape index (κ1) is 11.8. The summed E-state index contributed by atoms with van der Waals surface area (Å²) in [6, 6.07) is 5.33. The molecule has 0 bridgehead atoms. The van der Waals surface area contributed by atoms with E-state index in [4.69, 9.17) is 34.2 Å². The summed E-state index contributed by atoms with van der Waals surface area (Å²) in [5.41, 5.74) is 7.59. The van der Waals surface area contributed by atoms with Crippen molar-refractivity contribution in [2.45, 2.75) is 6.92 Å². The number of aromatic nitrogens is 2. The molecule has 86 valence electrons. The smallest absolute Gasteiger partial charge is 0.145 e. The molecule has 0 spiro atoms. The quantitative estimate of drug-likeness (QED) is 0.863. The molecule has 1 heterocycles. The fourth-order valence-corrected chi connectivity index (χ4v) is 2.26. The van der Waals surface area contributed by atoms with Crippen molar-refractivity contribution in [1.82, 2.24) is 9.78 Å². The highest BCUT2D eigenvalue weighted by Gasteiger charge is 2.14. The van der Waals surface area contributed by atoms with Crippen molar-refractivity contribution in [2.75, 3.05) is 5.73 Å². The van der Waals surface area contributed by atoms with Crippen LogP contribution in [-0.2, 0) is 0 Å². The molecular weight excluding hydrogens is 259 g/mol. The van der Waals surface area contributed by atoms with E-state index < -0.39 is 0 Å². The Balaban J connectivity index is 2.69. The van der Waals surface area contributed by atoms with E-state index in [0.29, 0.717) is 21.3 Å². The predicted molar refractivity (Wildman–Crippen MR) is 67.4 cm³/mol. The van der Waals surface area contributed by atoms with Crippen LogP contribution in [0.5, 0.6) is 0 Å². The first-order chi connectivity index (χ1) is 8.04. The van der Waals surface area contributed by atoms with Crippen molar-refractivity contribution in [3.05, 3.63) is 39.5 Å². The zero-order valence-electron chi connectivity index (χ0n) is 8.91. The summed E-state index contributed by atoms with van der Waals surface area (Å²) in [7, 11) is 0. The molecule has 0 fully saturated rings. The van der Waals surface area contributed by atoms with Crippen LogP contribution < -0.4 is 5.73 Å². The molecule has 0 atom stereocenters. The van der Waals surface area contributed by atoms with Gasteiger partial charge in [-0.05, 0) is 24.6 Å². The Labute approximate surface area is 108 Å². The van der Waals surface area contributed by atoms with Gasteiger partial charge < -0.3 is 5.73 Å². The van der Waals surface area contributed by atoms with Gasteiger partial charge in [-0.2, -0.15) is 10.4 Å². The van der Waals surface area contributed by atoms with Gasteiger partial charge in [0.25, 0.3) is 0 Å². The van der Waals surface area contributed by atoms with E-state index >= 15 is 0 Å². The number of anilines is 1. The molecule has 17 heavy (non-hydrogen) atoms. The SMILES string of the molecule is Cc1cc(Cl)cc(Cl)c1-n1ncc(C#N)c1N. The van der Waals surface area contributed by atoms with Gasteiger partial charge in [-0.25, -0.2) is 4.68 Å². The lowest BCUT2D eigenvalue weighted by Crippen LogP contribution is -2.05. The van der Waals surface area contributed by atoms with Crippen molar-refractivity contribution >= 4 is 29.0 Å². The van der Waals surface area contributed by atoms with Crippen molar-refractivity contribution in [3.63, 3.8) is 0 Å². The monoisotopic (exact) mass is 266 g/mol. The maximum absolute atomic E-state index is 8.82. The highest BCUT2D eigenvalue weighted by molar-refractivity contribution is 6.36. The van der Waals surface area contributed by atoms with Crippen LogP contribution >= 0.6 is 23.2 Å². The molecule has 0 aliphatic rings. The molecular formula is C11H8Cl2N4. The molecule has 1 aromatic heterocycles. The van der Waals surface area contributed by atoms with Gasteiger partial charge in [0, 0.05) is 5.02 Å². The van der Waals surface area contributed by atoms with Crippen molar-refractivity contribution in [2.24, 2.45) is 0 Å². The molecule has 0 saturated heterocycles. The molecule has 4 nitrogen and oxygen atoms in total. The van der Waals surface area contributed by atoms with Gasteiger partial charge in [0.15, 0.2) is 0 Å². The van der Waals surface area contributed by atoms with Crippen LogP contribution in [0.2, 0.25) is 10.0 Å². The molecule has 0 amide bonds. The third-order valence-electron chi connectivity index (χ3n) is 2.36. The Bertz CT molecular complexity index is 602. The third kappa shape index (κ3) is 1.95. The van der Waals surface area contributed by atoms with E-state index in [-0.39, 0.29) is 5.82 Å². The second kappa shape index (κ2) is 4.28. The molecule has 0 aliphatic heterocycles. The second-order valence-electron chi connectivity index (χ2n) is 3.52. The number of aryl methyl sites for hydroxylation is 1. The summed E-state index contributed by atoms with van der Waals surface area (Å²) in [5, 5.41) is 13.9. The lowest BCUT2D eigenvalue weighted by Gasteiger charge is -2.10. The Morgan fingerprint density at radius 3 is 2.65 bits per heavy atom. The molecule has 2 N–H and O–H groups in total. The summed E-state index contributed by atoms with van der Waals surface area (Å²) >= 11 is 12.0. The van der Waals surface area contributed by atoms with Crippen LogP contribution in [0.3, 0.4) is 0 Å². The summed E-state index contributed by atoms with van der Waals surface area (Å²) in [5.74, 6) is 0.264. The molecule has 0 unspecified atom stereocenters. The molecule has 0 radical (unpaired) electrons. The average molecular weight is 267 g/mol. The number of nitrogens with two attached hydrogens (primary N) is 1. The highest BCUT2D eigenvalue weighted by atomic mass is 35.5. The Morgan fingerprint density at radius 1 is 1.41 bits per heavy atom. The lowest BCUT2D eigenvalue weighted by atomic mass is 10.2. The third-order valence-corrected chi connectivity index (χ3v) is 2.86. The summed E-state index contributed by atoms with van der Waals surface area (Å²) in [6.07, 6.45) is 1.40. The van der Waals surface area contributed by atoms with Gasteiger partial charge in [0.05, 0.1) is 16.9 Å². The molecule has 1 aromatic carbocycles. The average Bonchev–Trinajstić information content (AvgIpc) is 2.59. The van der Waals surface area contributed by atoms with E-state index in [1.807, 2.05) is 13.0 Å². The van der Waals surface area contributed by atoms with Gasteiger partial charge in [-0.1, -0.05) is 23.2 Å². The summed E-state index contributed by atoms with van der Waals surface area (Å²) < 4.78 is 1.44. The minimum Gasteiger partial charge on any atom is -0.382 e. The molecule has 0 saturated carbocycles. The first-order valence-electron chi connectivity index (χ1n) is 4.74. The minimum atomic E-state index is 0.264. The molecule has 2 aromatic rings. The number of hydrogen-bond donors (Lipinski definition) is 1. The fraction of sp³-hybridized carbons (Fsp3) is 0.0909. The Hall–Kier alpha value is -1.70. The Kier molecular flexibility index (Phi) is 2.97. The number of benzene rings is 1. The second-order valence-corrected chi connectivity index (χ2v) is 4.36. The van der Waals surface area contributed by atoms with Crippen LogP contribution in [0.1, 0.15) is 11.1 Å². The zero-order valence-corrected chi connectivity index (χ0v) is 10.4. The largest absolute Gasteiger partial charge is 0.382 e. The van der Waals surface area contributed by atoms with E-state index in [1.165, 1.54) is 10.9 Å². The van der Waals surface area contributed by atoms with Crippen molar-refractivity contribution in [3.8, 4) is 11.8 Å². The maximum Gasteiger partial charge on any atom is 0.145 e. The number of halogens is 2. The fourth-order valence-electron chi connectivity index (χ4n) is 1.59. The molecule has 6 heteroatoms. The zero-order chi connectivity index (χ0) is 12.6. The van der Waals surface area contributed by atoms with E-state index in [9.17, 15) is 0 Å². The molecule has 2 rings (SSSR count). The van der Waals surface area contributed by atoms with Crippen LogP contribution in [0.15, 0.2) is 18.3 Å². The normalized spacial score (nSPS) is 10.2. The number of nitrogens with zero attached hydrogens (tertiary/aromatic N) is 3. The van der Waals surface area contributed by atoms with Crippen LogP contribution in [0.25, 0.3) is 5.69 Å². The van der Waals surface area contributed by atoms with E-state index in [1.54, 1.807) is 12.1 Å². The van der Waals surface area contributed by atoms with Crippen LogP contribution in [0.4, 0.5) is 5.82 Å². The predicted octanol–water partition coefficient (Wildman–Crippen LogP) is 2.94. The van der Waals surface area contributed by atoms with Crippen LogP contribution in [-0.4, -0.2) is 9.78 Å². The maximum atomic E-state index is 8.82. The first-order valence-corrected chi connectivity index (χ1v) is 5.49. The van der Waals surface area contributed by atoms with Gasteiger partial charge in [-0.15, -0.1) is 0 Å². The summed E-state index contributed by atoms with van der Waals surface area (Å²) in [6.45, 7) is 1.85. The summed E-state index contributed by atoms with van der Waals surface area (Å²) in [4.78, 5) is 0. The molecule has 0 aliphatic carbocycles. The van der Waals surface area contributed by atoms with Gasteiger partial charge in [-0.3, -0.25) is 0 Å². The van der Waals surface area contributed by atoms with Gasteiger partial charge in [0.1, 0.15) is 17.5 Å². The van der Waals surface area contributed by atoms with Crippen molar-refractivity contribution in [1.29, 1.82) is 5.26 Å². The topological polar surface area (TPSA) is 67.6 Å². The standard InChI is InChI=1S/C11H8Cl2N4/c1-6-2-8(12)3-9(13)10(6)17-11(15)7(4-14)5-16-17/h2-3,5H,15H2,1H3. The van der Waals surface area contributed by atoms with Crippen LogP contribution in [0, 0.1) is 18.3 Å². The Morgan fingerprint density at radius 2 is 2.12 bits per heavy atom. The van der Waals surface area contributed by atoms with Crippen molar-refractivity contribution < 1.29 is 0 Å². The number of rotatable bonds is 1. The minimum absolute atomic E-state index is 0.264. The highest BCUT2D eigenvalue weighted by Crippen LogP contribution is 2.30. The number of hydrogen-bond acceptors (Lipinski definition) is 3. The number of nitriles is 1. The van der Waals surface area contributed by atoms with E-state index in [2.05, 4.69) is 5.10 Å². The van der Waals surface area contributed by atoms with Gasteiger partial charge >= 0.3 is 0 Å². The van der Waals surface area contributed by atoms with E-state index in [0.717, 1.165) is 5.56 Å². The number of nitrogen functional groups attached to an aromatic ring is 1. The van der Waals surface area contributed by atoms with Gasteiger partial charge in [0.2, 0.25) is 0 Å². The lowest BCUT2D eigenvalue weighted by molar-refractivity contribution is 0.883.